The summed E-state index contributed by atoms with van der Waals surface area (Å²) < 4.78 is 31.4. The van der Waals surface area contributed by atoms with E-state index in [1.54, 1.807) is 18.2 Å². The van der Waals surface area contributed by atoms with Crippen LogP contribution in [-0.4, -0.2) is 25.4 Å². The van der Waals surface area contributed by atoms with Crippen LogP contribution in [0.3, 0.4) is 0 Å². The lowest BCUT2D eigenvalue weighted by Crippen LogP contribution is -2.40. The molecule has 25 heavy (non-hydrogen) atoms. The van der Waals surface area contributed by atoms with Crippen LogP contribution in [0.4, 0.5) is 0 Å². The Labute approximate surface area is 150 Å². The van der Waals surface area contributed by atoms with E-state index in [1.807, 2.05) is 10.8 Å². The van der Waals surface area contributed by atoms with E-state index in [4.69, 9.17) is 21.6 Å². The molecule has 0 bridgehead atoms. The molecule has 1 amide bonds. The van der Waals surface area contributed by atoms with Crippen LogP contribution in [0.25, 0.3) is 0 Å². The number of carbonyl (C=O) groups excluding carboxylic acids is 1. The van der Waals surface area contributed by atoms with Crippen molar-refractivity contribution in [2.75, 3.05) is 0 Å². The van der Waals surface area contributed by atoms with Crippen molar-refractivity contribution >= 4 is 27.5 Å². The van der Waals surface area contributed by atoms with Gasteiger partial charge in [-0.1, -0.05) is 23.7 Å². The maximum absolute atomic E-state index is 12.1. The van der Waals surface area contributed by atoms with Crippen molar-refractivity contribution in [1.29, 1.82) is 5.26 Å². The summed E-state index contributed by atoms with van der Waals surface area (Å²) in [6, 6.07) is 11.1. The van der Waals surface area contributed by atoms with Gasteiger partial charge in [0.1, 0.15) is 10.9 Å². The third-order valence-electron chi connectivity index (χ3n) is 3.05. The van der Waals surface area contributed by atoms with E-state index < -0.39 is 27.8 Å². The number of benzene rings is 1. The first kappa shape index (κ1) is 18.7. The predicted molar refractivity (Wildman–Crippen MR) is 91.3 cm³/mol. The van der Waals surface area contributed by atoms with Crippen molar-refractivity contribution in [3.63, 3.8) is 0 Å². The molecule has 1 N–H and O–H groups in total. The fourth-order valence-electron chi connectivity index (χ4n) is 1.88. The lowest BCUT2D eigenvalue weighted by Gasteiger charge is -2.15. The van der Waals surface area contributed by atoms with E-state index >= 15 is 0 Å². The smallest absolute Gasteiger partial charge is 0.274 e. The fraction of sp³-hybridized carbons (Fsp3) is 0.188. The number of aromatic nitrogens is 1. The second-order valence-electron chi connectivity index (χ2n) is 5.11. The summed E-state index contributed by atoms with van der Waals surface area (Å²) in [5.41, 5.74) is 0.757. The monoisotopic (exact) mass is 379 g/mol. The van der Waals surface area contributed by atoms with E-state index in [0.717, 1.165) is 0 Å². The van der Waals surface area contributed by atoms with Crippen LogP contribution < -0.4 is 9.46 Å². The van der Waals surface area contributed by atoms with Crippen molar-refractivity contribution in [1.82, 2.24) is 9.71 Å². The summed E-state index contributed by atoms with van der Waals surface area (Å²) in [6.07, 6.45) is 0.256. The third kappa shape index (κ3) is 5.74. The molecule has 1 aromatic carbocycles. The Hall–Kier alpha value is -2.63. The molecule has 0 aliphatic rings. The number of nitriles is 1. The molecule has 130 valence electrons. The number of pyridine rings is 1. The Morgan fingerprint density at radius 3 is 2.80 bits per heavy atom. The zero-order valence-electron chi connectivity index (χ0n) is 13.1. The highest BCUT2D eigenvalue weighted by Crippen LogP contribution is 2.15. The van der Waals surface area contributed by atoms with Crippen LogP contribution >= 0.6 is 11.6 Å². The molecular weight excluding hydrogens is 366 g/mol. The van der Waals surface area contributed by atoms with E-state index in [9.17, 15) is 13.2 Å². The molecule has 2 aromatic rings. The highest BCUT2D eigenvalue weighted by Gasteiger charge is 2.22. The second kappa shape index (κ2) is 7.96. The highest BCUT2D eigenvalue weighted by molar-refractivity contribution is 7.89. The van der Waals surface area contributed by atoms with Crippen molar-refractivity contribution in [2.24, 2.45) is 0 Å². The molecule has 0 saturated carbocycles. The Kier molecular flexibility index (Phi) is 5.96. The number of sulfonamides is 1. The van der Waals surface area contributed by atoms with E-state index in [1.165, 1.54) is 31.3 Å². The molecule has 7 nitrogen and oxygen atoms in total. The third-order valence-corrected chi connectivity index (χ3v) is 4.50. The summed E-state index contributed by atoms with van der Waals surface area (Å²) in [7, 11) is -3.91. The van der Waals surface area contributed by atoms with Gasteiger partial charge in [-0.2, -0.15) is 5.26 Å². The van der Waals surface area contributed by atoms with E-state index in [-0.39, 0.29) is 5.15 Å². The van der Waals surface area contributed by atoms with Crippen LogP contribution in [0.15, 0.2) is 42.6 Å². The normalized spacial score (nSPS) is 12.0. The van der Waals surface area contributed by atoms with Crippen molar-refractivity contribution < 1.29 is 17.9 Å². The number of hydrogen-bond donors (Lipinski definition) is 1. The van der Waals surface area contributed by atoms with Crippen LogP contribution in [0, 0.1) is 11.3 Å². The Morgan fingerprint density at radius 1 is 1.40 bits per heavy atom. The predicted octanol–water partition coefficient (Wildman–Crippen LogP) is 2.02. The average molecular weight is 380 g/mol. The molecule has 1 atom stereocenters. The van der Waals surface area contributed by atoms with Gasteiger partial charge < -0.3 is 4.74 Å². The lowest BCUT2D eigenvalue weighted by atomic mass is 10.2. The van der Waals surface area contributed by atoms with Gasteiger partial charge in [-0.05, 0) is 36.8 Å². The van der Waals surface area contributed by atoms with Gasteiger partial charge in [0, 0.05) is 6.20 Å². The molecule has 0 radical (unpaired) electrons. The molecule has 0 aliphatic carbocycles. The number of carbonyl (C=O) groups is 1. The summed E-state index contributed by atoms with van der Waals surface area (Å²) in [5.74, 6) is -0.940. The SMILES string of the molecule is C[C@@H](Oc1cccc(C#N)c1)C(=O)NS(=O)(=O)Cc1ccc(Cl)nc1. The Morgan fingerprint density at radius 2 is 2.16 bits per heavy atom. The average Bonchev–Trinajstić information content (AvgIpc) is 2.56. The summed E-state index contributed by atoms with van der Waals surface area (Å²) in [5, 5.41) is 9.08. The maximum Gasteiger partial charge on any atom is 0.274 e. The maximum atomic E-state index is 12.1. The number of hydrogen-bond acceptors (Lipinski definition) is 6. The van der Waals surface area contributed by atoms with Crippen LogP contribution in [0.1, 0.15) is 18.1 Å². The summed E-state index contributed by atoms with van der Waals surface area (Å²) in [6.45, 7) is 1.41. The van der Waals surface area contributed by atoms with Gasteiger partial charge in [-0.3, -0.25) is 4.79 Å². The molecular formula is C16H14ClN3O4S. The van der Waals surface area contributed by atoms with E-state index in [2.05, 4.69) is 4.98 Å². The molecule has 0 unspecified atom stereocenters. The summed E-state index contributed by atoms with van der Waals surface area (Å²) >= 11 is 5.64. The van der Waals surface area contributed by atoms with Crippen molar-refractivity contribution in [2.45, 2.75) is 18.8 Å². The lowest BCUT2D eigenvalue weighted by molar-refractivity contribution is -0.125. The number of nitrogens with one attached hydrogen (secondary N) is 1. The van der Waals surface area contributed by atoms with Gasteiger partial charge in [-0.15, -0.1) is 0 Å². The summed E-state index contributed by atoms with van der Waals surface area (Å²) in [4.78, 5) is 15.8. The zero-order valence-corrected chi connectivity index (χ0v) is 14.7. The van der Waals surface area contributed by atoms with Gasteiger partial charge >= 0.3 is 0 Å². The Bertz CT molecular complexity index is 908. The number of ether oxygens (including phenoxy) is 1. The van der Waals surface area contributed by atoms with Crippen molar-refractivity contribution in [3.8, 4) is 11.8 Å². The van der Waals surface area contributed by atoms with Crippen molar-refractivity contribution in [3.05, 3.63) is 58.9 Å². The van der Waals surface area contributed by atoms with Crippen LogP contribution in [0.5, 0.6) is 5.75 Å². The molecule has 0 aliphatic heterocycles. The standard InChI is InChI=1S/C16H14ClN3O4S/c1-11(24-14-4-2-3-12(7-14)8-18)16(21)20-25(22,23)10-13-5-6-15(17)19-9-13/h2-7,9,11H,10H2,1H3,(H,20,21)/t11-/m1/s1. The number of nitrogens with zero attached hydrogens (tertiary/aromatic N) is 2. The first-order valence-corrected chi connectivity index (χ1v) is 9.14. The number of amides is 1. The molecule has 1 heterocycles. The molecule has 1 aromatic heterocycles. The minimum Gasteiger partial charge on any atom is -0.481 e. The topological polar surface area (TPSA) is 109 Å². The van der Waals surface area contributed by atoms with Gasteiger partial charge in [0.25, 0.3) is 5.91 Å². The van der Waals surface area contributed by atoms with E-state index in [0.29, 0.717) is 16.9 Å². The number of halogens is 1. The fourth-order valence-corrected chi connectivity index (χ4v) is 3.15. The Balaban J connectivity index is 1.99. The quantitative estimate of drug-likeness (QED) is 0.769. The van der Waals surface area contributed by atoms with Crippen LogP contribution in [0.2, 0.25) is 5.15 Å². The largest absolute Gasteiger partial charge is 0.481 e. The minimum atomic E-state index is -3.91. The molecule has 9 heteroatoms. The first-order chi connectivity index (χ1) is 11.8. The van der Waals surface area contributed by atoms with Gasteiger partial charge in [-0.25, -0.2) is 18.1 Å². The molecule has 0 fully saturated rings. The first-order valence-electron chi connectivity index (χ1n) is 7.10. The van der Waals surface area contributed by atoms with Gasteiger partial charge in [0.15, 0.2) is 6.10 Å². The molecule has 0 saturated heterocycles. The highest BCUT2D eigenvalue weighted by atomic mass is 35.5. The number of rotatable bonds is 6. The molecule has 2 rings (SSSR count). The van der Waals surface area contributed by atoms with Gasteiger partial charge in [0.2, 0.25) is 10.0 Å². The minimum absolute atomic E-state index is 0.242. The zero-order chi connectivity index (χ0) is 18.4. The molecule has 0 spiro atoms. The second-order valence-corrected chi connectivity index (χ2v) is 7.22. The van der Waals surface area contributed by atoms with Gasteiger partial charge in [0.05, 0.1) is 17.4 Å². The van der Waals surface area contributed by atoms with Crippen LogP contribution in [-0.2, 0) is 20.6 Å².